The molecule has 174 valence electrons. The van der Waals surface area contributed by atoms with Crippen LogP contribution in [0.15, 0.2) is 54.1 Å². The molecule has 0 bridgehead atoms. The molecule has 2 aromatic carbocycles. The Balaban J connectivity index is 1.71. The molecule has 0 saturated heterocycles. The van der Waals surface area contributed by atoms with Gasteiger partial charge in [0.2, 0.25) is 0 Å². The van der Waals surface area contributed by atoms with E-state index in [1.165, 1.54) is 17.4 Å². The van der Waals surface area contributed by atoms with E-state index in [1.807, 2.05) is 31.2 Å². The van der Waals surface area contributed by atoms with Crippen molar-refractivity contribution in [3.05, 3.63) is 86.3 Å². The lowest BCUT2D eigenvalue weighted by Crippen LogP contribution is -2.16. The predicted molar refractivity (Wildman–Crippen MR) is 134 cm³/mol. The van der Waals surface area contributed by atoms with Crippen molar-refractivity contribution in [2.45, 2.75) is 27.4 Å². The first kappa shape index (κ1) is 25.0. The molecular formula is C26H23ClN2O4S. The van der Waals surface area contributed by atoms with Crippen LogP contribution in [0.4, 0.5) is 5.00 Å². The van der Waals surface area contributed by atoms with Gasteiger partial charge in [0.1, 0.15) is 29.0 Å². The van der Waals surface area contributed by atoms with Gasteiger partial charge in [0.25, 0.3) is 5.91 Å². The molecule has 8 heteroatoms. The van der Waals surface area contributed by atoms with E-state index >= 15 is 0 Å². The number of benzene rings is 2. The molecule has 0 saturated carbocycles. The van der Waals surface area contributed by atoms with Gasteiger partial charge in [0, 0.05) is 9.90 Å². The number of nitrogens with one attached hydrogen (secondary N) is 1. The second kappa shape index (κ2) is 11.5. The van der Waals surface area contributed by atoms with E-state index in [-0.39, 0.29) is 12.2 Å². The number of aryl methyl sites for hydroxylation is 1. The molecule has 0 unspecified atom stereocenters. The minimum absolute atomic E-state index is 0.0916. The predicted octanol–water partition coefficient (Wildman–Crippen LogP) is 6.32. The van der Waals surface area contributed by atoms with Crippen LogP contribution < -0.4 is 10.1 Å². The van der Waals surface area contributed by atoms with E-state index in [9.17, 15) is 14.9 Å². The second-order valence-electron chi connectivity index (χ2n) is 7.32. The van der Waals surface area contributed by atoms with Crippen LogP contribution in [0, 0.1) is 25.2 Å². The lowest BCUT2D eigenvalue weighted by Gasteiger charge is -2.08. The van der Waals surface area contributed by atoms with Gasteiger partial charge in [0.15, 0.2) is 0 Å². The Morgan fingerprint density at radius 2 is 1.91 bits per heavy atom. The number of nitriles is 1. The van der Waals surface area contributed by atoms with E-state index in [0.717, 1.165) is 16.0 Å². The fourth-order valence-corrected chi connectivity index (χ4v) is 4.36. The van der Waals surface area contributed by atoms with Crippen LogP contribution in [-0.4, -0.2) is 18.5 Å². The summed E-state index contributed by atoms with van der Waals surface area (Å²) < 4.78 is 10.9. The van der Waals surface area contributed by atoms with Crippen molar-refractivity contribution in [3.63, 3.8) is 0 Å². The summed E-state index contributed by atoms with van der Waals surface area (Å²) >= 11 is 7.26. The molecule has 1 amide bonds. The Morgan fingerprint density at radius 3 is 2.56 bits per heavy atom. The summed E-state index contributed by atoms with van der Waals surface area (Å²) in [5, 5.41) is 13.2. The summed E-state index contributed by atoms with van der Waals surface area (Å²) in [6.07, 6.45) is 1.48. The molecule has 0 aliphatic carbocycles. The maximum atomic E-state index is 12.8. The van der Waals surface area contributed by atoms with E-state index in [4.69, 9.17) is 21.1 Å². The van der Waals surface area contributed by atoms with E-state index in [2.05, 4.69) is 5.32 Å². The molecule has 1 heterocycles. The Hall–Kier alpha value is -3.60. The van der Waals surface area contributed by atoms with Crippen LogP contribution in [-0.2, 0) is 16.1 Å². The van der Waals surface area contributed by atoms with Crippen LogP contribution in [0.1, 0.15) is 38.8 Å². The number of nitrogens with zero attached hydrogens (tertiary/aromatic N) is 1. The third-order valence-electron chi connectivity index (χ3n) is 4.94. The summed E-state index contributed by atoms with van der Waals surface area (Å²) in [5.74, 6) is -0.463. The van der Waals surface area contributed by atoms with Crippen molar-refractivity contribution < 1.29 is 19.1 Å². The van der Waals surface area contributed by atoms with Gasteiger partial charge < -0.3 is 14.8 Å². The normalized spacial score (nSPS) is 11.0. The summed E-state index contributed by atoms with van der Waals surface area (Å²) in [7, 11) is 0. The number of carbonyl (C=O) groups is 2. The topological polar surface area (TPSA) is 88.4 Å². The molecule has 0 radical (unpaired) electrons. The Kier molecular flexibility index (Phi) is 8.47. The van der Waals surface area contributed by atoms with Crippen molar-refractivity contribution >= 4 is 45.9 Å². The van der Waals surface area contributed by atoms with Crippen LogP contribution >= 0.6 is 22.9 Å². The molecule has 1 aromatic heterocycles. The molecule has 3 rings (SSSR count). The fraction of sp³-hybridized carbons (Fsp3) is 0.192. The van der Waals surface area contributed by atoms with Crippen LogP contribution in [0.25, 0.3) is 6.08 Å². The molecular weight excluding hydrogens is 472 g/mol. The van der Waals surface area contributed by atoms with E-state index < -0.39 is 11.9 Å². The minimum Gasteiger partial charge on any atom is -0.489 e. The number of esters is 1. The molecule has 0 fully saturated rings. The monoisotopic (exact) mass is 494 g/mol. The zero-order chi connectivity index (χ0) is 24.7. The Labute approximate surface area is 207 Å². The highest BCUT2D eigenvalue weighted by molar-refractivity contribution is 7.16. The lowest BCUT2D eigenvalue weighted by molar-refractivity contribution is -0.112. The first-order valence-corrected chi connectivity index (χ1v) is 11.7. The first-order valence-electron chi connectivity index (χ1n) is 10.5. The minimum atomic E-state index is -0.601. The summed E-state index contributed by atoms with van der Waals surface area (Å²) in [5.41, 5.74) is 2.57. The maximum absolute atomic E-state index is 12.8. The van der Waals surface area contributed by atoms with Crippen LogP contribution in [0.2, 0.25) is 5.02 Å². The molecule has 6 nitrogen and oxygen atoms in total. The van der Waals surface area contributed by atoms with Crippen LogP contribution in [0.3, 0.4) is 0 Å². The summed E-state index contributed by atoms with van der Waals surface area (Å²) in [6.45, 7) is 5.96. The number of hydrogen-bond acceptors (Lipinski definition) is 6. The lowest BCUT2D eigenvalue weighted by atomic mass is 10.1. The van der Waals surface area contributed by atoms with Gasteiger partial charge >= 0.3 is 5.97 Å². The Morgan fingerprint density at radius 1 is 1.18 bits per heavy atom. The third kappa shape index (κ3) is 6.25. The number of rotatable bonds is 8. The summed E-state index contributed by atoms with van der Waals surface area (Å²) in [4.78, 5) is 26.0. The van der Waals surface area contributed by atoms with Gasteiger partial charge in [-0.2, -0.15) is 5.26 Å². The first-order chi connectivity index (χ1) is 16.3. The second-order valence-corrected chi connectivity index (χ2v) is 8.98. The number of thiophene rings is 1. The van der Waals surface area contributed by atoms with Gasteiger partial charge in [0.05, 0.1) is 12.2 Å². The van der Waals surface area contributed by atoms with Gasteiger partial charge in [-0.05, 0) is 67.8 Å². The Bertz CT molecular complexity index is 1270. The van der Waals surface area contributed by atoms with Gasteiger partial charge in [-0.15, -0.1) is 11.3 Å². The molecule has 0 spiro atoms. The van der Waals surface area contributed by atoms with Gasteiger partial charge in [-0.3, -0.25) is 4.79 Å². The largest absolute Gasteiger partial charge is 0.489 e. The van der Waals surface area contributed by atoms with Crippen molar-refractivity contribution in [1.82, 2.24) is 0 Å². The highest BCUT2D eigenvalue weighted by Crippen LogP contribution is 2.33. The van der Waals surface area contributed by atoms with Crippen LogP contribution in [0.5, 0.6) is 5.75 Å². The fourth-order valence-electron chi connectivity index (χ4n) is 3.10. The quantitative estimate of drug-likeness (QED) is 0.225. The van der Waals surface area contributed by atoms with E-state index in [1.54, 1.807) is 44.2 Å². The number of halogens is 1. The number of carbonyl (C=O) groups excluding carboxylic acids is 2. The summed E-state index contributed by atoms with van der Waals surface area (Å²) in [6, 6.07) is 16.4. The molecule has 0 atom stereocenters. The number of hydrogen-bond donors (Lipinski definition) is 1. The van der Waals surface area contributed by atoms with Crippen molar-refractivity contribution in [2.24, 2.45) is 0 Å². The highest BCUT2D eigenvalue weighted by Gasteiger charge is 2.23. The average molecular weight is 495 g/mol. The number of anilines is 1. The average Bonchev–Trinajstić information content (AvgIpc) is 3.09. The maximum Gasteiger partial charge on any atom is 0.341 e. The molecule has 0 aliphatic heterocycles. The number of amides is 1. The zero-order valence-corrected chi connectivity index (χ0v) is 20.5. The molecule has 3 aromatic rings. The van der Waals surface area contributed by atoms with Crippen molar-refractivity contribution in [2.75, 3.05) is 11.9 Å². The van der Waals surface area contributed by atoms with E-state index in [0.29, 0.717) is 33.5 Å². The van der Waals surface area contributed by atoms with Crippen molar-refractivity contribution in [1.29, 1.82) is 5.26 Å². The zero-order valence-electron chi connectivity index (χ0n) is 19.0. The smallest absolute Gasteiger partial charge is 0.341 e. The molecule has 34 heavy (non-hydrogen) atoms. The third-order valence-corrected chi connectivity index (χ3v) is 6.30. The number of ether oxygens (including phenoxy) is 2. The molecule has 0 aliphatic rings. The molecule has 1 N–H and O–H groups in total. The van der Waals surface area contributed by atoms with Crippen molar-refractivity contribution in [3.8, 4) is 11.8 Å². The standard InChI is InChI=1S/C26H23ClN2O4S/c1-4-32-26(31)23-16(2)17(3)34-25(23)29-24(30)20(14-28)12-18-8-10-22(11-9-18)33-15-19-6-5-7-21(27)13-19/h5-13H,4,15H2,1-3H3,(H,29,30)/b20-12+. The van der Waals surface area contributed by atoms with Gasteiger partial charge in [-0.1, -0.05) is 35.9 Å². The van der Waals surface area contributed by atoms with Gasteiger partial charge in [-0.25, -0.2) is 4.79 Å². The highest BCUT2D eigenvalue weighted by atomic mass is 35.5. The SMILES string of the molecule is CCOC(=O)c1c(NC(=O)/C(C#N)=C/c2ccc(OCc3cccc(Cl)c3)cc2)sc(C)c1C.